The zero-order chi connectivity index (χ0) is 27.0. The Labute approximate surface area is 255 Å². The van der Waals surface area contributed by atoms with Gasteiger partial charge < -0.3 is 19.7 Å². The second kappa shape index (κ2) is 9.74. The topological polar surface area (TPSA) is 35.0 Å². The number of hydrogen-bond donors (Lipinski definition) is 0. The second-order valence-electron chi connectivity index (χ2n) is 10.6. The number of para-hydroxylation sites is 2. The van der Waals surface area contributed by atoms with Crippen LogP contribution in [0.25, 0.3) is 33.5 Å². The normalized spacial score (nSPS) is 14.4. The molecule has 0 fully saturated rings. The molecule has 202 valence electrons. The molecule has 0 bridgehead atoms. The maximum absolute atomic E-state index is 4.69. The van der Waals surface area contributed by atoms with Crippen molar-refractivity contribution in [2.75, 3.05) is 16.8 Å². The summed E-state index contributed by atoms with van der Waals surface area (Å²) in [5, 5.41) is 6.41. The van der Waals surface area contributed by atoms with Gasteiger partial charge in [-0.25, -0.2) is 0 Å². The average Bonchev–Trinajstić information content (AvgIpc) is 3.33. The maximum Gasteiger partial charge on any atom is 0.285 e. The van der Waals surface area contributed by atoms with Crippen molar-refractivity contribution in [3.63, 3.8) is 0 Å². The first-order valence-corrected chi connectivity index (χ1v) is 13.5. The molecule has 8 rings (SSSR count). The van der Waals surface area contributed by atoms with Crippen LogP contribution in [0, 0.1) is 25.7 Å². The molecule has 0 atom stereocenters. The fourth-order valence-corrected chi connectivity index (χ4v) is 6.31. The number of nitrogens with zero attached hydrogens (tertiary/aromatic N) is 5. The Morgan fingerprint density at radius 2 is 1.41 bits per heavy atom. The molecule has 5 aromatic rings. The number of hydrazone groups is 1. The zero-order valence-corrected chi connectivity index (χ0v) is 25.1. The Morgan fingerprint density at radius 3 is 2.07 bits per heavy atom. The second-order valence-corrected chi connectivity index (χ2v) is 10.6. The maximum atomic E-state index is 4.69. The third-order valence-electron chi connectivity index (χ3n) is 8.03. The molecule has 0 unspecified atom stereocenters. The number of anilines is 3. The number of fused-ring (bicyclic) bond motifs is 11. The molecule has 1 aromatic heterocycles. The van der Waals surface area contributed by atoms with E-state index in [0.29, 0.717) is 0 Å². The standard InChI is InChI=1S/C34H25BN5.Pt/c1-22-16-17-36-32(18-22)24-12-14-26-28-8-4-6-10-33(28)40-34-11-7-5-9-29(34)27-15-13-25(39-21-38(3)37-23(39)2)20-31(27)35(40)30(26)19-24;/h4-18,21H,1-3H3;/q-3;. The predicted octanol–water partition coefficient (Wildman–Crippen LogP) is 5.76. The molecule has 0 N–H and O–H groups in total. The molecule has 41 heavy (non-hydrogen) atoms. The molecule has 0 radical (unpaired) electrons. The van der Waals surface area contributed by atoms with Crippen LogP contribution in [0.1, 0.15) is 12.5 Å². The van der Waals surface area contributed by atoms with E-state index in [1.165, 1.54) is 39.2 Å². The van der Waals surface area contributed by atoms with Gasteiger partial charge in [0.15, 0.2) is 0 Å². The summed E-state index contributed by atoms with van der Waals surface area (Å²) < 4.78 is 0. The fourth-order valence-electron chi connectivity index (χ4n) is 6.31. The van der Waals surface area contributed by atoms with Crippen LogP contribution in [0.2, 0.25) is 0 Å². The first kappa shape index (κ1) is 25.8. The summed E-state index contributed by atoms with van der Waals surface area (Å²) in [6.07, 6.45) is 1.87. The number of benzene rings is 4. The van der Waals surface area contributed by atoms with Crippen LogP contribution in [-0.2, 0) is 21.1 Å². The number of hydrogen-bond acceptors (Lipinski definition) is 5. The van der Waals surface area contributed by atoms with Crippen LogP contribution >= 0.6 is 0 Å². The van der Waals surface area contributed by atoms with Crippen LogP contribution in [-0.4, -0.2) is 29.7 Å². The van der Waals surface area contributed by atoms with Crippen molar-refractivity contribution in [2.24, 2.45) is 5.10 Å². The number of aryl methyl sites for hydroxylation is 1. The molecule has 3 aliphatic rings. The van der Waals surface area contributed by atoms with Gasteiger partial charge in [-0.2, -0.15) is 22.7 Å². The molecule has 4 aromatic carbocycles. The first-order valence-electron chi connectivity index (χ1n) is 13.5. The van der Waals surface area contributed by atoms with Crippen LogP contribution in [0.5, 0.6) is 0 Å². The van der Waals surface area contributed by atoms with E-state index in [4.69, 9.17) is 0 Å². The molecule has 5 nitrogen and oxygen atoms in total. The quantitative estimate of drug-likeness (QED) is 0.173. The van der Waals surface area contributed by atoms with Gasteiger partial charge in [0.05, 0.1) is 5.84 Å². The van der Waals surface area contributed by atoms with Gasteiger partial charge in [0.1, 0.15) is 0 Å². The number of rotatable bonds is 2. The molecule has 0 aliphatic carbocycles. The van der Waals surface area contributed by atoms with Crippen molar-refractivity contribution >= 4 is 40.7 Å². The van der Waals surface area contributed by atoms with Gasteiger partial charge >= 0.3 is 0 Å². The summed E-state index contributed by atoms with van der Waals surface area (Å²) in [7, 11) is 1.95. The van der Waals surface area contributed by atoms with Gasteiger partial charge in [-0.15, -0.1) is 58.8 Å². The molecule has 4 heterocycles. The van der Waals surface area contributed by atoms with Crippen molar-refractivity contribution in [1.29, 1.82) is 0 Å². The van der Waals surface area contributed by atoms with Gasteiger partial charge in [0.25, 0.3) is 6.85 Å². The summed E-state index contributed by atoms with van der Waals surface area (Å²) in [5.74, 6) is 0.917. The molecular formula is C34H25BN5Pt-3. The third kappa shape index (κ3) is 3.96. The largest absolute Gasteiger partial charge is 0.481 e. The molecule has 3 aliphatic heterocycles. The van der Waals surface area contributed by atoms with E-state index in [1.807, 2.05) is 37.9 Å². The molecule has 0 spiro atoms. The SMILES string of the molecule is CC1=NN(C)[CH-]N1c1[c-]c2c(cc1)-c1ccccc1N1B2c2[c-]c(-c3cc(C)ccn3)ccc2-c2ccccc21.[Pt]. The first-order chi connectivity index (χ1) is 19.6. The van der Waals surface area contributed by atoms with Crippen LogP contribution in [0.3, 0.4) is 0 Å². The number of amidine groups is 1. The summed E-state index contributed by atoms with van der Waals surface area (Å²) >= 11 is 0. The average molecular weight is 709 g/mol. The Morgan fingerprint density at radius 1 is 0.756 bits per heavy atom. The zero-order valence-electron chi connectivity index (χ0n) is 22.9. The molecular weight excluding hydrogens is 684 g/mol. The summed E-state index contributed by atoms with van der Waals surface area (Å²) in [6.45, 7) is 6.03. The summed E-state index contributed by atoms with van der Waals surface area (Å²) in [6, 6.07) is 38.0. The van der Waals surface area contributed by atoms with Crippen molar-refractivity contribution in [3.8, 4) is 33.5 Å². The number of aromatic nitrogens is 1. The third-order valence-corrected chi connectivity index (χ3v) is 8.03. The van der Waals surface area contributed by atoms with Crippen molar-refractivity contribution in [1.82, 2.24) is 9.99 Å². The van der Waals surface area contributed by atoms with Gasteiger partial charge in [0, 0.05) is 38.6 Å². The Bertz CT molecular complexity index is 1870. The Kier molecular flexibility index (Phi) is 6.13. The van der Waals surface area contributed by atoms with Gasteiger partial charge in [-0.05, 0) is 50.4 Å². The minimum Gasteiger partial charge on any atom is -0.481 e. The van der Waals surface area contributed by atoms with E-state index in [2.05, 4.69) is 118 Å². The molecule has 7 heteroatoms. The van der Waals surface area contributed by atoms with Crippen LogP contribution in [0.4, 0.5) is 17.1 Å². The van der Waals surface area contributed by atoms with E-state index in [-0.39, 0.29) is 27.9 Å². The molecule has 0 amide bonds. The Hall–Kier alpha value is -4.15. The number of pyridine rings is 1. The van der Waals surface area contributed by atoms with Crippen molar-refractivity contribution < 1.29 is 21.1 Å². The van der Waals surface area contributed by atoms with E-state index in [9.17, 15) is 0 Å². The Balaban J connectivity index is 0.00000276. The van der Waals surface area contributed by atoms with E-state index < -0.39 is 0 Å². The summed E-state index contributed by atoms with van der Waals surface area (Å²) in [5.41, 5.74) is 13.5. The fraction of sp³-hybridized carbons (Fsp3) is 0.0882. The van der Waals surface area contributed by atoms with Crippen molar-refractivity contribution in [3.05, 3.63) is 115 Å². The van der Waals surface area contributed by atoms with Gasteiger partial charge in [0.2, 0.25) is 0 Å². The predicted molar refractivity (Wildman–Crippen MR) is 164 cm³/mol. The van der Waals surface area contributed by atoms with Gasteiger partial charge in [-0.1, -0.05) is 53.6 Å². The van der Waals surface area contributed by atoms with E-state index >= 15 is 0 Å². The smallest absolute Gasteiger partial charge is 0.285 e. The molecule has 0 saturated heterocycles. The van der Waals surface area contributed by atoms with Crippen molar-refractivity contribution in [2.45, 2.75) is 13.8 Å². The van der Waals surface area contributed by atoms with E-state index in [0.717, 1.165) is 33.7 Å². The summed E-state index contributed by atoms with van der Waals surface area (Å²) in [4.78, 5) is 9.26. The van der Waals surface area contributed by atoms with Crippen LogP contribution < -0.4 is 20.6 Å². The van der Waals surface area contributed by atoms with Crippen LogP contribution in [0.15, 0.2) is 96.2 Å². The monoisotopic (exact) mass is 709 g/mol. The minimum absolute atomic E-state index is 0. The van der Waals surface area contributed by atoms with Gasteiger partial charge in [-0.3, -0.25) is 0 Å². The van der Waals surface area contributed by atoms with E-state index in [1.54, 1.807) is 0 Å². The minimum atomic E-state index is -0.0999. The molecule has 0 saturated carbocycles.